The molecule has 0 spiro atoms. The molecule has 1 amide bonds. The van der Waals surface area contributed by atoms with Crippen LogP contribution in [0.15, 0.2) is 48.7 Å². The van der Waals surface area contributed by atoms with Gasteiger partial charge in [0.15, 0.2) is 5.78 Å². The van der Waals surface area contributed by atoms with Gasteiger partial charge in [-0.3, -0.25) is 9.59 Å². The van der Waals surface area contributed by atoms with Crippen LogP contribution in [-0.4, -0.2) is 34.6 Å². The van der Waals surface area contributed by atoms with Crippen molar-refractivity contribution >= 4 is 29.0 Å². The summed E-state index contributed by atoms with van der Waals surface area (Å²) in [4.78, 5) is 24.7. The monoisotopic (exact) mass is 436 g/mol. The largest absolute Gasteiger partial charge is 0.322 e. The molecule has 1 aliphatic rings. The molecule has 7 heteroatoms. The van der Waals surface area contributed by atoms with Gasteiger partial charge in [-0.05, 0) is 81.7 Å². The van der Waals surface area contributed by atoms with Crippen LogP contribution in [-0.2, 0) is 0 Å². The molecule has 1 saturated heterocycles. The van der Waals surface area contributed by atoms with E-state index < -0.39 is 0 Å². The lowest BCUT2D eigenvalue weighted by Crippen LogP contribution is -2.29. The van der Waals surface area contributed by atoms with Crippen molar-refractivity contribution in [3.05, 3.63) is 76.1 Å². The van der Waals surface area contributed by atoms with Crippen molar-refractivity contribution in [1.29, 1.82) is 0 Å². The molecule has 2 heterocycles. The van der Waals surface area contributed by atoms with Gasteiger partial charge in [0.1, 0.15) is 0 Å². The van der Waals surface area contributed by atoms with Gasteiger partial charge in [0.25, 0.3) is 5.91 Å². The van der Waals surface area contributed by atoms with E-state index in [2.05, 4.69) is 15.7 Å². The Balaban J connectivity index is 1.71. The smallest absolute Gasteiger partial charge is 0.259 e. The summed E-state index contributed by atoms with van der Waals surface area (Å²) in [5.41, 5.74) is 4.52. The molecular formula is C24H25ClN4O2. The normalized spacial score (nSPS) is 14.4. The standard InChI is InChI=1S/C24H25ClN4O2/c1-15-21(25)4-3-5-22(15)29-23(18-10-12-26-13-11-18)20(14-27-29)24(31)28-19-8-6-17(7-9-19)16(2)30/h3-9,14,18,26H,10-13H2,1-2H3,(H,28,31). The number of carbonyl (C=O) groups excluding carboxylic acids is 2. The molecule has 6 nitrogen and oxygen atoms in total. The van der Waals surface area contributed by atoms with E-state index in [0.29, 0.717) is 21.8 Å². The van der Waals surface area contributed by atoms with Crippen molar-refractivity contribution in [2.45, 2.75) is 32.6 Å². The Labute approximate surface area is 186 Å². The SMILES string of the molecule is CC(=O)c1ccc(NC(=O)c2cnn(-c3cccc(Cl)c3C)c2C2CCNCC2)cc1. The predicted octanol–water partition coefficient (Wildman–Crippen LogP) is 4.76. The average Bonchev–Trinajstić information content (AvgIpc) is 3.22. The molecule has 2 aromatic carbocycles. The number of ketones is 1. The van der Waals surface area contributed by atoms with Crippen LogP contribution in [0.1, 0.15) is 57.7 Å². The third-order valence-electron chi connectivity index (χ3n) is 5.79. The van der Waals surface area contributed by atoms with Gasteiger partial charge in [0.05, 0.1) is 23.1 Å². The summed E-state index contributed by atoms with van der Waals surface area (Å²) in [6, 6.07) is 12.6. The van der Waals surface area contributed by atoms with Crippen LogP contribution in [0.3, 0.4) is 0 Å². The highest BCUT2D eigenvalue weighted by Crippen LogP contribution is 2.32. The van der Waals surface area contributed by atoms with Gasteiger partial charge in [0.2, 0.25) is 0 Å². The number of halogens is 1. The first-order chi connectivity index (χ1) is 15.0. The third-order valence-corrected chi connectivity index (χ3v) is 6.20. The van der Waals surface area contributed by atoms with Gasteiger partial charge in [-0.2, -0.15) is 5.10 Å². The second-order valence-electron chi connectivity index (χ2n) is 7.85. The van der Waals surface area contributed by atoms with Gasteiger partial charge in [-0.25, -0.2) is 4.68 Å². The second-order valence-corrected chi connectivity index (χ2v) is 8.26. The Kier molecular flexibility index (Phi) is 6.20. The van der Waals surface area contributed by atoms with Crippen LogP contribution in [0, 0.1) is 6.92 Å². The van der Waals surface area contributed by atoms with Crippen LogP contribution >= 0.6 is 11.6 Å². The molecule has 4 rings (SSSR count). The number of Topliss-reactive ketones (excluding diaryl/α,β-unsaturated/α-hetero) is 1. The van der Waals surface area contributed by atoms with Crippen LogP contribution in [0.25, 0.3) is 5.69 Å². The van der Waals surface area contributed by atoms with Crippen LogP contribution in [0.4, 0.5) is 5.69 Å². The van der Waals surface area contributed by atoms with Crippen molar-refractivity contribution in [3.63, 3.8) is 0 Å². The zero-order chi connectivity index (χ0) is 22.0. The minimum absolute atomic E-state index is 0.00996. The van der Waals surface area contributed by atoms with E-state index in [-0.39, 0.29) is 17.6 Å². The number of hydrogen-bond acceptors (Lipinski definition) is 4. The van der Waals surface area contributed by atoms with Crippen LogP contribution in [0.5, 0.6) is 0 Å². The number of piperidine rings is 1. The Hall–Kier alpha value is -2.96. The minimum atomic E-state index is -0.213. The second kappa shape index (κ2) is 9.04. The topological polar surface area (TPSA) is 76.0 Å². The van der Waals surface area contributed by atoms with Crippen LogP contribution < -0.4 is 10.6 Å². The lowest BCUT2D eigenvalue weighted by Gasteiger charge is -2.25. The summed E-state index contributed by atoms with van der Waals surface area (Å²) >= 11 is 6.36. The Morgan fingerprint density at radius 3 is 2.52 bits per heavy atom. The Morgan fingerprint density at radius 1 is 1.13 bits per heavy atom. The molecule has 160 valence electrons. The van der Waals surface area contributed by atoms with Crippen molar-refractivity contribution in [1.82, 2.24) is 15.1 Å². The molecule has 1 aliphatic heterocycles. The van der Waals surface area contributed by atoms with Crippen molar-refractivity contribution in [3.8, 4) is 5.69 Å². The lowest BCUT2D eigenvalue weighted by atomic mass is 9.91. The summed E-state index contributed by atoms with van der Waals surface area (Å²) < 4.78 is 1.87. The molecule has 1 aromatic heterocycles. The van der Waals surface area contributed by atoms with E-state index in [1.54, 1.807) is 30.5 Å². The van der Waals surface area contributed by atoms with Crippen molar-refractivity contribution in [2.75, 3.05) is 18.4 Å². The highest BCUT2D eigenvalue weighted by Gasteiger charge is 2.27. The Morgan fingerprint density at radius 2 is 1.84 bits per heavy atom. The lowest BCUT2D eigenvalue weighted by molar-refractivity contribution is 0.101. The fourth-order valence-corrected chi connectivity index (χ4v) is 4.19. The quantitative estimate of drug-likeness (QED) is 0.565. The number of carbonyl (C=O) groups is 2. The molecule has 0 radical (unpaired) electrons. The van der Waals surface area contributed by atoms with Gasteiger partial charge in [-0.1, -0.05) is 17.7 Å². The molecule has 0 unspecified atom stereocenters. The number of hydrogen-bond donors (Lipinski definition) is 2. The number of aromatic nitrogens is 2. The summed E-state index contributed by atoms with van der Waals surface area (Å²) in [5.74, 6) is -0.0118. The molecule has 31 heavy (non-hydrogen) atoms. The average molecular weight is 437 g/mol. The maximum absolute atomic E-state index is 13.2. The first kappa shape index (κ1) is 21.3. The maximum atomic E-state index is 13.2. The number of rotatable bonds is 5. The number of amides is 1. The van der Waals surface area contributed by atoms with E-state index in [0.717, 1.165) is 42.9 Å². The van der Waals surface area contributed by atoms with Gasteiger partial charge >= 0.3 is 0 Å². The first-order valence-corrected chi connectivity index (χ1v) is 10.8. The highest BCUT2D eigenvalue weighted by atomic mass is 35.5. The molecule has 2 N–H and O–H groups in total. The zero-order valence-electron chi connectivity index (χ0n) is 17.6. The summed E-state index contributed by atoms with van der Waals surface area (Å²) in [6.07, 6.45) is 3.49. The fraction of sp³-hybridized carbons (Fsp3) is 0.292. The Bertz CT molecular complexity index is 1120. The molecule has 3 aromatic rings. The molecular weight excluding hydrogens is 412 g/mol. The van der Waals surface area contributed by atoms with E-state index in [4.69, 9.17) is 11.6 Å². The van der Waals surface area contributed by atoms with Gasteiger partial charge in [0, 0.05) is 22.2 Å². The number of benzene rings is 2. The van der Waals surface area contributed by atoms with E-state index in [1.807, 2.05) is 29.8 Å². The molecule has 0 bridgehead atoms. The number of nitrogens with one attached hydrogen (secondary N) is 2. The van der Waals surface area contributed by atoms with E-state index >= 15 is 0 Å². The molecule has 0 aliphatic carbocycles. The molecule has 0 saturated carbocycles. The van der Waals surface area contributed by atoms with Gasteiger partial charge < -0.3 is 10.6 Å². The maximum Gasteiger partial charge on any atom is 0.259 e. The van der Waals surface area contributed by atoms with Crippen LogP contribution in [0.2, 0.25) is 5.02 Å². The predicted molar refractivity (Wildman–Crippen MR) is 123 cm³/mol. The number of anilines is 1. The third kappa shape index (κ3) is 4.40. The fourth-order valence-electron chi connectivity index (χ4n) is 4.03. The summed E-state index contributed by atoms with van der Waals surface area (Å²) in [6.45, 7) is 5.28. The minimum Gasteiger partial charge on any atom is -0.322 e. The van der Waals surface area contributed by atoms with E-state index in [1.165, 1.54) is 6.92 Å². The molecule has 1 fully saturated rings. The number of nitrogens with zero attached hydrogens (tertiary/aromatic N) is 2. The first-order valence-electron chi connectivity index (χ1n) is 10.4. The van der Waals surface area contributed by atoms with E-state index in [9.17, 15) is 9.59 Å². The van der Waals surface area contributed by atoms with Gasteiger partial charge in [-0.15, -0.1) is 0 Å². The van der Waals surface area contributed by atoms with Crippen molar-refractivity contribution < 1.29 is 9.59 Å². The highest BCUT2D eigenvalue weighted by molar-refractivity contribution is 6.31. The zero-order valence-corrected chi connectivity index (χ0v) is 18.4. The summed E-state index contributed by atoms with van der Waals surface area (Å²) in [7, 11) is 0. The summed E-state index contributed by atoms with van der Waals surface area (Å²) in [5, 5.41) is 11.6. The van der Waals surface area contributed by atoms with Crippen molar-refractivity contribution in [2.24, 2.45) is 0 Å². The molecule has 0 atom stereocenters.